The van der Waals surface area contributed by atoms with Crippen molar-refractivity contribution in [2.45, 2.75) is 53.6 Å². The van der Waals surface area contributed by atoms with Gasteiger partial charge in [0.05, 0.1) is 12.1 Å². The highest BCUT2D eigenvalue weighted by atomic mass is 16.3. The first-order chi connectivity index (χ1) is 8.12. The maximum absolute atomic E-state index is 12.0. The summed E-state index contributed by atoms with van der Waals surface area (Å²) in [5.74, 6) is 1.56. The van der Waals surface area contributed by atoms with E-state index in [0.29, 0.717) is 0 Å². The van der Waals surface area contributed by atoms with E-state index in [1.54, 1.807) is 0 Å². The van der Waals surface area contributed by atoms with Crippen LogP contribution in [0.4, 0.5) is 0 Å². The Balaban J connectivity index is 2.74. The third kappa shape index (κ3) is 3.35. The minimum Gasteiger partial charge on any atom is -0.466 e. The molecule has 1 heterocycles. The fourth-order valence-corrected chi connectivity index (χ4v) is 1.85. The Morgan fingerprint density at radius 2 is 1.94 bits per heavy atom. The van der Waals surface area contributed by atoms with Crippen molar-refractivity contribution in [1.82, 2.24) is 5.32 Å². The van der Waals surface area contributed by atoms with E-state index in [4.69, 9.17) is 10.2 Å². The third-order valence-corrected chi connectivity index (χ3v) is 3.12. The lowest BCUT2D eigenvalue weighted by atomic mass is 9.86. The summed E-state index contributed by atoms with van der Waals surface area (Å²) < 4.78 is 5.46. The summed E-state index contributed by atoms with van der Waals surface area (Å²) in [5, 5.41) is 2.93. The molecule has 1 aromatic heterocycles. The van der Waals surface area contributed by atoms with Crippen molar-refractivity contribution in [3.63, 3.8) is 0 Å². The molecule has 4 heteroatoms. The fraction of sp³-hybridized carbons (Fsp3) is 0.643. The van der Waals surface area contributed by atoms with Crippen molar-refractivity contribution in [3.05, 3.63) is 23.2 Å². The lowest BCUT2D eigenvalue weighted by Gasteiger charge is -2.27. The molecule has 1 aromatic rings. The third-order valence-electron chi connectivity index (χ3n) is 3.12. The molecule has 18 heavy (non-hydrogen) atoms. The average molecular weight is 252 g/mol. The van der Waals surface area contributed by atoms with Gasteiger partial charge in [0.1, 0.15) is 11.5 Å². The van der Waals surface area contributed by atoms with Crippen LogP contribution in [0.5, 0.6) is 0 Å². The molecule has 0 spiro atoms. The number of carbonyl (C=O) groups excluding carboxylic acids is 1. The zero-order chi connectivity index (χ0) is 14.1. The van der Waals surface area contributed by atoms with Crippen LogP contribution in [-0.4, -0.2) is 11.9 Å². The Labute approximate surface area is 109 Å². The number of hydrogen-bond donors (Lipinski definition) is 2. The summed E-state index contributed by atoms with van der Waals surface area (Å²) in [7, 11) is 0. The van der Waals surface area contributed by atoms with Crippen LogP contribution in [0, 0.1) is 19.3 Å². The van der Waals surface area contributed by atoms with E-state index in [-0.39, 0.29) is 17.4 Å². The maximum atomic E-state index is 12.0. The number of nitrogens with two attached hydrogens (primary N) is 1. The Hall–Kier alpha value is -1.29. The van der Waals surface area contributed by atoms with Gasteiger partial charge in [-0.2, -0.15) is 0 Å². The summed E-state index contributed by atoms with van der Waals surface area (Å²) >= 11 is 0. The van der Waals surface area contributed by atoms with Gasteiger partial charge in [-0.25, -0.2) is 0 Å². The van der Waals surface area contributed by atoms with Crippen molar-refractivity contribution in [1.29, 1.82) is 0 Å². The predicted molar refractivity (Wildman–Crippen MR) is 72.2 cm³/mol. The first kappa shape index (κ1) is 14.8. The van der Waals surface area contributed by atoms with Crippen LogP contribution in [0.3, 0.4) is 0 Å². The van der Waals surface area contributed by atoms with Crippen LogP contribution in [0.1, 0.15) is 50.8 Å². The van der Waals surface area contributed by atoms with Gasteiger partial charge in [-0.15, -0.1) is 0 Å². The van der Waals surface area contributed by atoms with Gasteiger partial charge in [-0.05, 0) is 32.3 Å². The van der Waals surface area contributed by atoms with Crippen LogP contribution >= 0.6 is 0 Å². The van der Waals surface area contributed by atoms with Crippen molar-refractivity contribution < 1.29 is 9.21 Å². The molecule has 1 amide bonds. The van der Waals surface area contributed by atoms with E-state index in [1.165, 1.54) is 0 Å². The molecule has 0 aliphatic heterocycles. The zero-order valence-corrected chi connectivity index (χ0v) is 12.1. The largest absolute Gasteiger partial charge is 0.466 e. The molecular weight excluding hydrogens is 228 g/mol. The normalized spacial score (nSPS) is 15.3. The van der Waals surface area contributed by atoms with Crippen molar-refractivity contribution in [2.24, 2.45) is 11.1 Å². The Kier molecular flexibility index (Phi) is 4.22. The summed E-state index contributed by atoms with van der Waals surface area (Å²) in [6.45, 7) is 11.6. The fourth-order valence-electron chi connectivity index (χ4n) is 1.85. The van der Waals surface area contributed by atoms with Gasteiger partial charge >= 0.3 is 0 Å². The highest BCUT2D eigenvalue weighted by Crippen LogP contribution is 2.22. The van der Waals surface area contributed by atoms with Gasteiger partial charge in [-0.3, -0.25) is 4.79 Å². The van der Waals surface area contributed by atoms with E-state index in [1.807, 2.05) is 47.6 Å². The molecule has 0 radical (unpaired) electrons. The van der Waals surface area contributed by atoms with E-state index >= 15 is 0 Å². The molecule has 3 N–H and O–H groups in total. The highest BCUT2D eigenvalue weighted by Gasteiger charge is 2.28. The van der Waals surface area contributed by atoms with Crippen LogP contribution < -0.4 is 11.1 Å². The van der Waals surface area contributed by atoms with E-state index in [0.717, 1.165) is 17.1 Å². The molecular formula is C14H24N2O2. The van der Waals surface area contributed by atoms with Crippen molar-refractivity contribution in [2.75, 3.05) is 0 Å². The number of carbonyl (C=O) groups is 1. The smallest absolute Gasteiger partial charge is 0.237 e. The maximum Gasteiger partial charge on any atom is 0.237 e. The standard InChI is InChI=1S/C14H24N2O2/c1-8-7-11(10(3)18-8)9(2)16-13(17)12(15)14(4,5)6/h7,9,12H,15H2,1-6H3,(H,16,17). The van der Waals surface area contributed by atoms with Gasteiger partial charge in [0.15, 0.2) is 0 Å². The lowest BCUT2D eigenvalue weighted by molar-refractivity contribution is -0.125. The number of aryl methyl sites for hydroxylation is 2. The molecule has 1 rings (SSSR count). The molecule has 4 nitrogen and oxygen atoms in total. The molecule has 0 aliphatic rings. The highest BCUT2D eigenvalue weighted by molar-refractivity contribution is 5.82. The first-order valence-corrected chi connectivity index (χ1v) is 6.26. The topological polar surface area (TPSA) is 68.3 Å². The second kappa shape index (κ2) is 5.14. The zero-order valence-electron chi connectivity index (χ0n) is 12.1. The van der Waals surface area contributed by atoms with E-state index in [2.05, 4.69) is 5.32 Å². The molecule has 0 saturated carbocycles. The van der Waals surface area contributed by atoms with Crippen molar-refractivity contribution >= 4 is 5.91 Å². The second-order valence-corrected chi connectivity index (χ2v) is 5.94. The molecule has 0 aliphatic carbocycles. The molecule has 0 aromatic carbocycles. The quantitative estimate of drug-likeness (QED) is 0.868. The first-order valence-electron chi connectivity index (χ1n) is 6.26. The van der Waals surface area contributed by atoms with Gasteiger partial charge in [0.25, 0.3) is 0 Å². The van der Waals surface area contributed by atoms with Crippen LogP contribution in [-0.2, 0) is 4.79 Å². The van der Waals surface area contributed by atoms with Gasteiger partial charge < -0.3 is 15.5 Å². The molecule has 0 saturated heterocycles. The Bertz CT molecular complexity index is 429. The number of hydrogen-bond acceptors (Lipinski definition) is 3. The molecule has 2 atom stereocenters. The van der Waals surface area contributed by atoms with Gasteiger partial charge in [-0.1, -0.05) is 20.8 Å². The number of rotatable bonds is 3. The van der Waals surface area contributed by atoms with E-state index in [9.17, 15) is 4.79 Å². The molecule has 102 valence electrons. The minimum atomic E-state index is -0.520. The number of furan rings is 1. The summed E-state index contributed by atoms with van der Waals surface area (Å²) in [6, 6.07) is 1.33. The summed E-state index contributed by atoms with van der Waals surface area (Å²) in [5.41, 5.74) is 6.69. The van der Waals surface area contributed by atoms with Crippen LogP contribution in [0.2, 0.25) is 0 Å². The Morgan fingerprint density at radius 1 is 1.39 bits per heavy atom. The van der Waals surface area contributed by atoms with Crippen LogP contribution in [0.15, 0.2) is 10.5 Å². The SMILES string of the molecule is Cc1cc(C(C)NC(=O)C(N)C(C)(C)C)c(C)o1. The number of amides is 1. The van der Waals surface area contributed by atoms with E-state index < -0.39 is 6.04 Å². The molecule has 2 unspecified atom stereocenters. The minimum absolute atomic E-state index is 0.0941. The molecule has 0 fully saturated rings. The lowest BCUT2D eigenvalue weighted by Crippen LogP contribution is -2.49. The monoisotopic (exact) mass is 252 g/mol. The summed E-state index contributed by atoms with van der Waals surface area (Å²) in [6.07, 6.45) is 0. The second-order valence-electron chi connectivity index (χ2n) is 5.94. The van der Waals surface area contributed by atoms with Crippen LogP contribution in [0.25, 0.3) is 0 Å². The van der Waals surface area contributed by atoms with Gasteiger partial charge in [0.2, 0.25) is 5.91 Å². The number of nitrogens with one attached hydrogen (secondary N) is 1. The Morgan fingerprint density at radius 3 is 2.33 bits per heavy atom. The average Bonchev–Trinajstić information content (AvgIpc) is 2.55. The predicted octanol–water partition coefficient (Wildman–Crippen LogP) is 2.45. The van der Waals surface area contributed by atoms with Crippen molar-refractivity contribution in [3.8, 4) is 0 Å². The molecule has 0 bridgehead atoms. The summed E-state index contributed by atoms with van der Waals surface area (Å²) in [4.78, 5) is 12.0. The van der Waals surface area contributed by atoms with Gasteiger partial charge in [0, 0.05) is 5.56 Å².